The Balaban J connectivity index is 1.87. The highest BCUT2D eigenvalue weighted by molar-refractivity contribution is 5.93. The zero-order chi connectivity index (χ0) is 17.4. The molecule has 1 atom stereocenters. The Morgan fingerprint density at radius 2 is 2.04 bits per heavy atom. The van der Waals surface area contributed by atoms with Crippen LogP contribution in [0, 0.1) is 5.92 Å². The standard InChI is InChI=1S/C20H25N3O2/c1-3-25-19(24)17-13(2)21-20-22-15-11-7-8-12-16(15)23(20)18(17)14-9-5-4-6-10-14/h7-8,11-12,14,18H,3-6,9-10H2,1-2H3,(H,21,22). The van der Waals surface area contributed by atoms with Gasteiger partial charge in [0.2, 0.25) is 5.95 Å². The molecule has 5 nitrogen and oxygen atoms in total. The van der Waals surface area contributed by atoms with Gasteiger partial charge < -0.3 is 14.6 Å². The number of rotatable bonds is 3. The summed E-state index contributed by atoms with van der Waals surface area (Å²) in [4.78, 5) is 17.5. The summed E-state index contributed by atoms with van der Waals surface area (Å²) in [5.74, 6) is 1.08. The summed E-state index contributed by atoms with van der Waals surface area (Å²) >= 11 is 0. The summed E-state index contributed by atoms with van der Waals surface area (Å²) in [6.07, 6.45) is 6.04. The fourth-order valence-corrected chi connectivity index (χ4v) is 4.38. The molecule has 132 valence electrons. The summed E-state index contributed by atoms with van der Waals surface area (Å²) in [7, 11) is 0. The van der Waals surface area contributed by atoms with Crippen LogP contribution in [0.2, 0.25) is 0 Å². The average molecular weight is 339 g/mol. The van der Waals surface area contributed by atoms with Crippen LogP contribution < -0.4 is 5.32 Å². The number of aromatic nitrogens is 2. The number of ether oxygens (including phenoxy) is 1. The van der Waals surface area contributed by atoms with E-state index in [9.17, 15) is 4.79 Å². The van der Waals surface area contributed by atoms with Crippen molar-refractivity contribution in [2.75, 3.05) is 11.9 Å². The molecule has 1 saturated carbocycles. The van der Waals surface area contributed by atoms with Gasteiger partial charge in [-0.05, 0) is 44.7 Å². The van der Waals surface area contributed by atoms with Gasteiger partial charge in [0.05, 0.1) is 29.3 Å². The number of nitrogens with one attached hydrogen (secondary N) is 1. The molecular weight excluding hydrogens is 314 g/mol. The molecule has 0 bridgehead atoms. The van der Waals surface area contributed by atoms with Gasteiger partial charge in [0.1, 0.15) is 0 Å². The van der Waals surface area contributed by atoms with E-state index in [1.54, 1.807) is 0 Å². The molecule has 1 fully saturated rings. The van der Waals surface area contributed by atoms with Crippen molar-refractivity contribution in [1.29, 1.82) is 0 Å². The van der Waals surface area contributed by atoms with Crippen molar-refractivity contribution in [2.45, 2.75) is 52.0 Å². The molecule has 2 aliphatic rings. The Morgan fingerprint density at radius 1 is 1.28 bits per heavy atom. The molecule has 1 N–H and O–H groups in total. The molecule has 0 spiro atoms. The lowest BCUT2D eigenvalue weighted by atomic mass is 9.79. The summed E-state index contributed by atoms with van der Waals surface area (Å²) in [6, 6.07) is 8.16. The maximum atomic E-state index is 12.8. The molecule has 1 aliphatic carbocycles. The molecule has 1 aromatic carbocycles. The molecule has 0 amide bonds. The Hall–Kier alpha value is -2.30. The first-order valence-electron chi connectivity index (χ1n) is 9.32. The number of para-hydroxylation sites is 2. The number of carbonyl (C=O) groups excluding carboxylic acids is 1. The largest absolute Gasteiger partial charge is 0.463 e. The lowest BCUT2D eigenvalue weighted by Crippen LogP contribution is -2.33. The minimum atomic E-state index is -0.202. The van der Waals surface area contributed by atoms with Crippen molar-refractivity contribution in [1.82, 2.24) is 9.55 Å². The average Bonchev–Trinajstić information content (AvgIpc) is 2.99. The van der Waals surface area contributed by atoms with Crippen molar-refractivity contribution in [3.05, 3.63) is 35.5 Å². The van der Waals surface area contributed by atoms with Crippen LogP contribution in [0.25, 0.3) is 11.0 Å². The molecule has 1 aliphatic heterocycles. The summed E-state index contributed by atoms with van der Waals surface area (Å²) in [5, 5.41) is 3.34. The van der Waals surface area contributed by atoms with Gasteiger partial charge in [0.15, 0.2) is 0 Å². The topological polar surface area (TPSA) is 56.1 Å². The third kappa shape index (κ3) is 2.71. The quantitative estimate of drug-likeness (QED) is 0.841. The Kier molecular flexibility index (Phi) is 4.24. The number of esters is 1. The van der Waals surface area contributed by atoms with Gasteiger partial charge in [-0.25, -0.2) is 9.78 Å². The van der Waals surface area contributed by atoms with Gasteiger partial charge in [-0.3, -0.25) is 0 Å². The highest BCUT2D eigenvalue weighted by atomic mass is 16.5. The molecule has 1 unspecified atom stereocenters. The Bertz CT molecular complexity index is 831. The fraction of sp³-hybridized carbons (Fsp3) is 0.500. The van der Waals surface area contributed by atoms with E-state index in [-0.39, 0.29) is 12.0 Å². The molecule has 1 aromatic heterocycles. The highest BCUT2D eigenvalue weighted by Crippen LogP contribution is 2.44. The van der Waals surface area contributed by atoms with E-state index in [0.717, 1.165) is 41.1 Å². The number of imidazole rings is 1. The van der Waals surface area contributed by atoms with Gasteiger partial charge in [-0.2, -0.15) is 0 Å². The second-order valence-electron chi connectivity index (χ2n) is 7.02. The normalized spacial score (nSPS) is 21.1. The maximum absolute atomic E-state index is 12.8. The zero-order valence-electron chi connectivity index (χ0n) is 14.9. The monoisotopic (exact) mass is 339 g/mol. The minimum Gasteiger partial charge on any atom is -0.463 e. The molecule has 4 rings (SSSR count). The summed E-state index contributed by atoms with van der Waals surface area (Å²) in [6.45, 7) is 4.22. The van der Waals surface area contributed by atoms with Gasteiger partial charge in [0, 0.05) is 5.70 Å². The number of carbonyl (C=O) groups is 1. The number of hydrogen-bond donors (Lipinski definition) is 1. The van der Waals surface area contributed by atoms with Crippen LogP contribution >= 0.6 is 0 Å². The molecule has 0 radical (unpaired) electrons. The van der Waals surface area contributed by atoms with Crippen molar-refractivity contribution >= 4 is 23.0 Å². The Morgan fingerprint density at radius 3 is 2.80 bits per heavy atom. The fourth-order valence-electron chi connectivity index (χ4n) is 4.38. The van der Waals surface area contributed by atoms with Crippen LogP contribution in [-0.2, 0) is 9.53 Å². The molecule has 2 aromatic rings. The minimum absolute atomic E-state index is 0.00278. The number of hydrogen-bond acceptors (Lipinski definition) is 4. The smallest absolute Gasteiger partial charge is 0.337 e. The van der Waals surface area contributed by atoms with Crippen molar-refractivity contribution in [3.63, 3.8) is 0 Å². The maximum Gasteiger partial charge on any atom is 0.337 e. The van der Waals surface area contributed by atoms with E-state index in [4.69, 9.17) is 9.72 Å². The van der Waals surface area contributed by atoms with Crippen LogP contribution in [0.15, 0.2) is 35.5 Å². The van der Waals surface area contributed by atoms with Crippen LogP contribution in [0.4, 0.5) is 5.95 Å². The summed E-state index contributed by atoms with van der Waals surface area (Å²) in [5.41, 5.74) is 3.68. The molecule has 25 heavy (non-hydrogen) atoms. The molecule has 5 heteroatoms. The van der Waals surface area contributed by atoms with E-state index in [1.165, 1.54) is 19.3 Å². The van der Waals surface area contributed by atoms with E-state index in [2.05, 4.69) is 16.0 Å². The molecular formula is C20H25N3O2. The van der Waals surface area contributed by atoms with Crippen LogP contribution in [0.1, 0.15) is 52.0 Å². The van der Waals surface area contributed by atoms with Crippen molar-refractivity contribution in [3.8, 4) is 0 Å². The van der Waals surface area contributed by atoms with E-state index < -0.39 is 0 Å². The summed E-state index contributed by atoms with van der Waals surface area (Å²) < 4.78 is 7.63. The predicted octanol–water partition coefficient (Wildman–Crippen LogP) is 4.42. The van der Waals surface area contributed by atoms with E-state index in [0.29, 0.717) is 12.5 Å². The molecule has 2 heterocycles. The van der Waals surface area contributed by atoms with Crippen molar-refractivity contribution < 1.29 is 9.53 Å². The third-order valence-corrected chi connectivity index (χ3v) is 5.46. The van der Waals surface area contributed by atoms with Gasteiger partial charge in [0.25, 0.3) is 0 Å². The number of allylic oxidation sites excluding steroid dienone is 1. The van der Waals surface area contributed by atoms with Crippen LogP contribution in [0.3, 0.4) is 0 Å². The van der Waals surface area contributed by atoms with E-state index >= 15 is 0 Å². The van der Waals surface area contributed by atoms with E-state index in [1.807, 2.05) is 32.0 Å². The van der Waals surface area contributed by atoms with Gasteiger partial charge in [-0.15, -0.1) is 0 Å². The second-order valence-corrected chi connectivity index (χ2v) is 7.02. The highest BCUT2D eigenvalue weighted by Gasteiger charge is 2.38. The SMILES string of the molecule is CCOC(=O)C1=C(C)Nc2nc3ccccc3n2C1C1CCCCC1. The molecule has 0 saturated heterocycles. The number of benzene rings is 1. The first-order valence-corrected chi connectivity index (χ1v) is 9.32. The number of anilines is 1. The Labute approximate surface area is 148 Å². The van der Waals surface area contributed by atoms with Crippen molar-refractivity contribution in [2.24, 2.45) is 5.92 Å². The van der Waals surface area contributed by atoms with Gasteiger partial charge in [-0.1, -0.05) is 31.4 Å². The first-order chi connectivity index (χ1) is 12.2. The van der Waals surface area contributed by atoms with Crippen LogP contribution in [0.5, 0.6) is 0 Å². The lowest BCUT2D eigenvalue weighted by molar-refractivity contribution is -0.139. The first kappa shape index (κ1) is 16.2. The lowest BCUT2D eigenvalue weighted by Gasteiger charge is -2.37. The number of fused-ring (bicyclic) bond motifs is 3. The second kappa shape index (κ2) is 6.54. The zero-order valence-corrected chi connectivity index (χ0v) is 14.9. The number of nitrogens with zero attached hydrogens (tertiary/aromatic N) is 2. The van der Waals surface area contributed by atoms with Gasteiger partial charge >= 0.3 is 5.97 Å². The third-order valence-electron chi connectivity index (χ3n) is 5.46. The predicted molar refractivity (Wildman–Crippen MR) is 98.3 cm³/mol. The van der Waals surface area contributed by atoms with Crippen LogP contribution in [-0.4, -0.2) is 22.1 Å².